The third-order valence-electron chi connectivity index (χ3n) is 6.30. The van der Waals surface area contributed by atoms with Crippen LogP contribution in [-0.4, -0.2) is 57.2 Å². The number of nitrogens with two attached hydrogens (primary N) is 1. The van der Waals surface area contributed by atoms with Gasteiger partial charge in [0.15, 0.2) is 11.5 Å². The van der Waals surface area contributed by atoms with Gasteiger partial charge in [0, 0.05) is 49.4 Å². The third-order valence-corrected chi connectivity index (χ3v) is 6.30. The first-order valence-corrected chi connectivity index (χ1v) is 11.2. The van der Waals surface area contributed by atoms with E-state index in [0.29, 0.717) is 42.8 Å². The van der Waals surface area contributed by atoms with Crippen LogP contribution in [0.4, 0.5) is 0 Å². The lowest BCUT2D eigenvalue weighted by Gasteiger charge is -2.45. The number of methoxy groups -OCH3 is 1. The number of ketones is 1. The van der Waals surface area contributed by atoms with Gasteiger partial charge in [-0.15, -0.1) is 0 Å². The van der Waals surface area contributed by atoms with Crippen LogP contribution < -0.4 is 11.1 Å². The fourth-order valence-electron chi connectivity index (χ4n) is 4.81. The third kappa shape index (κ3) is 4.72. The number of nitrogens with zero attached hydrogens (tertiary/aromatic N) is 1. The Morgan fingerprint density at radius 2 is 2.06 bits per heavy atom. The van der Waals surface area contributed by atoms with E-state index < -0.39 is 17.6 Å². The van der Waals surface area contributed by atoms with Crippen LogP contribution in [0.25, 0.3) is 0 Å². The van der Waals surface area contributed by atoms with E-state index in [9.17, 15) is 9.59 Å². The van der Waals surface area contributed by atoms with Crippen LogP contribution in [0.1, 0.15) is 40.5 Å². The molecule has 0 amide bonds. The van der Waals surface area contributed by atoms with Crippen LogP contribution in [0.2, 0.25) is 0 Å². The van der Waals surface area contributed by atoms with Gasteiger partial charge in [-0.2, -0.15) is 0 Å². The summed E-state index contributed by atoms with van der Waals surface area (Å²) in [7, 11) is 1.59. The van der Waals surface area contributed by atoms with E-state index in [1.165, 1.54) is 0 Å². The van der Waals surface area contributed by atoms with Gasteiger partial charge in [-0.25, -0.2) is 4.79 Å². The molecular weight excluding hydrogens is 410 g/mol. The maximum absolute atomic E-state index is 13.5. The van der Waals surface area contributed by atoms with Gasteiger partial charge in [0.1, 0.15) is 0 Å². The fourth-order valence-corrected chi connectivity index (χ4v) is 4.81. The highest BCUT2D eigenvalue weighted by Gasteiger charge is 2.50. The normalized spacial score (nSPS) is 29.1. The molecule has 0 radical (unpaired) electrons. The van der Waals surface area contributed by atoms with E-state index in [0.717, 1.165) is 5.70 Å². The molecule has 0 aromatic heterocycles. The number of aliphatic imine (C=N–C) groups is 1. The first-order valence-electron chi connectivity index (χ1n) is 11.2. The lowest BCUT2D eigenvalue weighted by Crippen LogP contribution is -2.48. The maximum Gasteiger partial charge on any atom is 0.336 e. The van der Waals surface area contributed by atoms with Gasteiger partial charge >= 0.3 is 5.97 Å². The smallest absolute Gasteiger partial charge is 0.336 e. The molecule has 0 fully saturated rings. The molecule has 0 saturated heterocycles. The molecule has 0 bridgehead atoms. The predicted octanol–water partition coefficient (Wildman–Crippen LogP) is 2.26. The zero-order chi connectivity index (χ0) is 23.5. The van der Waals surface area contributed by atoms with E-state index in [1.54, 1.807) is 20.2 Å². The zero-order valence-corrected chi connectivity index (χ0v) is 19.7. The number of nitrogens with one attached hydrogen (secondary N) is 1. The number of allylic oxidation sites excluding steroid dienone is 3. The first kappa shape index (κ1) is 24.4. The molecular formula is C24H35N3O5. The summed E-state index contributed by atoms with van der Waals surface area (Å²) in [6.07, 6.45) is 6.56. The van der Waals surface area contributed by atoms with E-state index in [4.69, 9.17) is 19.9 Å². The van der Waals surface area contributed by atoms with Crippen LogP contribution in [0.15, 0.2) is 39.7 Å². The Hall–Kier alpha value is -2.29. The number of rotatable bonds is 8. The zero-order valence-electron chi connectivity index (χ0n) is 19.7. The standard InChI is InChI=1S/C24H35N3O5/c1-6-32-22(29)21-17(14-31-11-9-25)27-16-12-23(2,3)13-18(28)20(16)19(21)15-8-7-10-26-24(15,4)30-5/h7-8,10,15,19,27H,6,9,11-14,25H2,1-5H3. The van der Waals surface area contributed by atoms with Crippen molar-refractivity contribution in [2.24, 2.45) is 28.0 Å². The van der Waals surface area contributed by atoms with Gasteiger partial charge < -0.3 is 25.3 Å². The SMILES string of the molecule is CCOC(=O)C1=C(COCCN)NC2=C(C(=O)CC(C)(C)C2)C1C1C=CC=NC1(C)OC. The predicted molar refractivity (Wildman–Crippen MR) is 122 cm³/mol. The fraction of sp³-hybridized carbons (Fsp3) is 0.625. The molecule has 0 aromatic carbocycles. The quantitative estimate of drug-likeness (QED) is 0.435. The number of hydrogen-bond acceptors (Lipinski definition) is 8. The molecule has 3 N–H and O–H groups in total. The van der Waals surface area contributed by atoms with Crippen molar-refractivity contribution in [1.29, 1.82) is 0 Å². The number of carbonyl (C=O) groups excluding carboxylic acids is 2. The number of carbonyl (C=O) groups is 2. The molecule has 176 valence electrons. The minimum atomic E-state index is -0.941. The largest absolute Gasteiger partial charge is 0.463 e. The Morgan fingerprint density at radius 1 is 1.31 bits per heavy atom. The summed E-state index contributed by atoms with van der Waals surface area (Å²) < 4.78 is 17.0. The molecule has 3 aliphatic rings. The summed E-state index contributed by atoms with van der Waals surface area (Å²) in [5, 5.41) is 3.37. The number of esters is 1. The number of ether oxygens (including phenoxy) is 3. The van der Waals surface area contributed by atoms with E-state index in [1.807, 2.05) is 19.1 Å². The molecule has 3 rings (SSSR count). The molecule has 3 atom stereocenters. The van der Waals surface area contributed by atoms with Gasteiger partial charge in [-0.1, -0.05) is 19.9 Å². The summed E-state index contributed by atoms with van der Waals surface area (Å²) in [4.78, 5) is 31.3. The second-order valence-electron chi connectivity index (χ2n) is 9.34. The molecule has 8 nitrogen and oxygen atoms in total. The highest BCUT2D eigenvalue weighted by Crippen LogP contribution is 2.49. The van der Waals surface area contributed by atoms with Crippen molar-refractivity contribution in [2.45, 2.75) is 46.3 Å². The molecule has 1 aliphatic carbocycles. The second kappa shape index (κ2) is 9.68. The molecule has 32 heavy (non-hydrogen) atoms. The Morgan fingerprint density at radius 3 is 2.72 bits per heavy atom. The van der Waals surface area contributed by atoms with E-state index in [2.05, 4.69) is 24.2 Å². The Bertz CT molecular complexity index is 886. The van der Waals surface area contributed by atoms with Gasteiger partial charge in [0.2, 0.25) is 0 Å². The van der Waals surface area contributed by atoms with Crippen molar-refractivity contribution in [3.63, 3.8) is 0 Å². The Balaban J connectivity index is 2.19. The highest BCUT2D eigenvalue weighted by atomic mass is 16.5. The van der Waals surface area contributed by atoms with Crippen LogP contribution in [0.3, 0.4) is 0 Å². The first-order chi connectivity index (χ1) is 15.2. The van der Waals surface area contributed by atoms with Crippen molar-refractivity contribution < 1.29 is 23.8 Å². The minimum Gasteiger partial charge on any atom is -0.463 e. The number of dihydropyridines is 2. The maximum atomic E-state index is 13.5. The van der Waals surface area contributed by atoms with Gasteiger partial charge in [-0.05, 0) is 31.8 Å². The molecule has 0 aromatic rings. The molecule has 0 saturated carbocycles. The van der Waals surface area contributed by atoms with Crippen molar-refractivity contribution in [1.82, 2.24) is 5.32 Å². The van der Waals surface area contributed by atoms with Crippen LogP contribution in [0.5, 0.6) is 0 Å². The molecule has 8 heteroatoms. The van der Waals surface area contributed by atoms with Crippen molar-refractivity contribution >= 4 is 18.0 Å². The van der Waals surface area contributed by atoms with Gasteiger partial charge in [0.05, 0.1) is 31.1 Å². The average molecular weight is 446 g/mol. The lowest BCUT2D eigenvalue weighted by atomic mass is 9.65. The summed E-state index contributed by atoms with van der Waals surface area (Å²) in [5.74, 6) is -1.39. The summed E-state index contributed by atoms with van der Waals surface area (Å²) >= 11 is 0. The second-order valence-corrected chi connectivity index (χ2v) is 9.34. The molecule has 2 heterocycles. The average Bonchev–Trinajstić information content (AvgIpc) is 2.72. The minimum absolute atomic E-state index is 0.0267. The van der Waals surface area contributed by atoms with E-state index in [-0.39, 0.29) is 30.3 Å². The van der Waals surface area contributed by atoms with Crippen molar-refractivity contribution in [3.8, 4) is 0 Å². The number of hydrogen-bond donors (Lipinski definition) is 2. The molecule has 0 spiro atoms. The Kier molecular flexibility index (Phi) is 7.37. The van der Waals surface area contributed by atoms with Crippen LogP contribution in [-0.2, 0) is 23.8 Å². The molecule has 3 unspecified atom stereocenters. The highest BCUT2D eigenvalue weighted by molar-refractivity contribution is 6.02. The number of Topliss-reactive ketones (excluding diaryl/α,β-unsaturated/α-hetero) is 1. The lowest BCUT2D eigenvalue weighted by molar-refractivity contribution is -0.139. The summed E-state index contributed by atoms with van der Waals surface area (Å²) in [6, 6.07) is 0. The monoisotopic (exact) mass is 445 g/mol. The van der Waals surface area contributed by atoms with E-state index >= 15 is 0 Å². The molecule has 2 aliphatic heterocycles. The summed E-state index contributed by atoms with van der Waals surface area (Å²) in [5.41, 5.74) is 6.91. The van der Waals surface area contributed by atoms with Crippen molar-refractivity contribution in [2.75, 3.05) is 33.5 Å². The van der Waals surface area contributed by atoms with Crippen LogP contribution in [0, 0.1) is 17.3 Å². The Labute approximate surface area is 189 Å². The van der Waals surface area contributed by atoms with Crippen LogP contribution >= 0.6 is 0 Å². The topological polar surface area (TPSA) is 112 Å². The van der Waals surface area contributed by atoms with Gasteiger partial charge in [-0.3, -0.25) is 9.79 Å². The summed E-state index contributed by atoms with van der Waals surface area (Å²) in [6.45, 7) is 8.88. The van der Waals surface area contributed by atoms with Crippen molar-refractivity contribution in [3.05, 3.63) is 34.7 Å². The van der Waals surface area contributed by atoms with Gasteiger partial charge in [0.25, 0.3) is 0 Å².